The summed E-state index contributed by atoms with van der Waals surface area (Å²) in [5.41, 5.74) is 3.87. The number of aromatic amines is 1. The highest BCUT2D eigenvalue weighted by atomic mass is 32.2. The Morgan fingerprint density at radius 1 is 1.33 bits per heavy atom. The number of rotatable bonds is 3. The van der Waals surface area contributed by atoms with E-state index in [4.69, 9.17) is 0 Å². The van der Waals surface area contributed by atoms with Crippen LogP contribution >= 0.6 is 11.8 Å². The fourth-order valence-electron chi connectivity index (χ4n) is 1.92. The number of hydrogen-bond donors (Lipinski definition) is 1. The summed E-state index contributed by atoms with van der Waals surface area (Å²) in [6.07, 6.45) is 2.53. The third-order valence-corrected chi connectivity index (χ3v) is 3.44. The second-order valence-electron chi connectivity index (χ2n) is 4.30. The largest absolute Gasteiger partial charge is 0.301 e. The van der Waals surface area contributed by atoms with Gasteiger partial charge in [0.2, 0.25) is 0 Å². The molecule has 0 radical (unpaired) electrons. The fourth-order valence-corrected chi connectivity index (χ4v) is 2.34. The minimum Gasteiger partial charge on any atom is -0.301 e. The van der Waals surface area contributed by atoms with Gasteiger partial charge in [-0.15, -0.1) is 0 Å². The van der Waals surface area contributed by atoms with E-state index in [0.29, 0.717) is 11.6 Å². The molecule has 3 nitrogen and oxygen atoms in total. The Morgan fingerprint density at radius 3 is 2.72 bits per heavy atom. The molecule has 0 aliphatic rings. The lowest BCUT2D eigenvalue weighted by molar-refractivity contribution is 0.868. The van der Waals surface area contributed by atoms with Gasteiger partial charge in [-0.1, -0.05) is 41.6 Å². The first-order valence-electron chi connectivity index (χ1n) is 5.79. The van der Waals surface area contributed by atoms with Gasteiger partial charge < -0.3 is 4.98 Å². The highest BCUT2D eigenvalue weighted by Gasteiger charge is 2.08. The molecule has 1 aromatic carbocycles. The van der Waals surface area contributed by atoms with Crippen LogP contribution in [0.25, 0.3) is 0 Å². The smallest absolute Gasteiger partial charge is 0.255 e. The number of nitrogens with one attached hydrogen (secondary N) is 1. The van der Waals surface area contributed by atoms with Crippen molar-refractivity contribution in [3.63, 3.8) is 0 Å². The summed E-state index contributed by atoms with van der Waals surface area (Å²) < 4.78 is 0. The van der Waals surface area contributed by atoms with Crippen molar-refractivity contribution < 1.29 is 0 Å². The van der Waals surface area contributed by atoms with Gasteiger partial charge in [0.05, 0.1) is 0 Å². The molecule has 0 aliphatic carbocycles. The van der Waals surface area contributed by atoms with Crippen LogP contribution in [0, 0.1) is 13.8 Å². The molecule has 1 N–H and O–H groups in total. The van der Waals surface area contributed by atoms with E-state index in [9.17, 15) is 4.79 Å². The normalized spacial score (nSPS) is 10.6. The van der Waals surface area contributed by atoms with Crippen molar-refractivity contribution >= 4 is 11.8 Å². The zero-order valence-corrected chi connectivity index (χ0v) is 11.6. The third kappa shape index (κ3) is 2.82. The fraction of sp³-hybridized carbons (Fsp3) is 0.286. The predicted octanol–water partition coefficient (Wildman–Crippen LogP) is 2.70. The van der Waals surface area contributed by atoms with Crippen molar-refractivity contribution in [1.29, 1.82) is 0 Å². The van der Waals surface area contributed by atoms with Crippen LogP contribution in [-0.2, 0) is 6.42 Å². The Kier molecular flexibility index (Phi) is 3.87. The van der Waals surface area contributed by atoms with Crippen LogP contribution in [-0.4, -0.2) is 16.2 Å². The molecule has 2 aromatic rings. The SMILES string of the molecule is CSc1nc(C)c(Cc2cccc(C)c2)c(=O)[nH]1. The molecule has 18 heavy (non-hydrogen) atoms. The highest BCUT2D eigenvalue weighted by molar-refractivity contribution is 7.98. The van der Waals surface area contributed by atoms with Crippen LogP contribution in [0.4, 0.5) is 0 Å². The minimum atomic E-state index is -0.0339. The molecule has 2 rings (SSSR count). The summed E-state index contributed by atoms with van der Waals surface area (Å²) in [5.74, 6) is 0. The summed E-state index contributed by atoms with van der Waals surface area (Å²) in [4.78, 5) is 19.2. The molecule has 94 valence electrons. The molecule has 0 amide bonds. The Morgan fingerprint density at radius 2 is 2.11 bits per heavy atom. The Balaban J connectivity index is 2.38. The molecular formula is C14H16N2OS. The van der Waals surface area contributed by atoms with Crippen LogP contribution in [0.1, 0.15) is 22.4 Å². The third-order valence-electron chi connectivity index (χ3n) is 2.86. The second kappa shape index (κ2) is 5.40. The number of H-pyrrole nitrogens is 1. The molecule has 1 heterocycles. The Hall–Kier alpha value is -1.55. The van der Waals surface area contributed by atoms with Crippen molar-refractivity contribution in [3.8, 4) is 0 Å². The molecule has 0 fully saturated rings. The standard InChI is InChI=1S/C14H16N2OS/c1-9-5-4-6-11(7-9)8-12-10(2)15-14(18-3)16-13(12)17/h4-7H,8H2,1-3H3,(H,15,16,17). The average molecular weight is 260 g/mol. The molecule has 0 saturated carbocycles. The maximum absolute atomic E-state index is 12.0. The highest BCUT2D eigenvalue weighted by Crippen LogP contribution is 2.13. The van der Waals surface area contributed by atoms with Gasteiger partial charge in [-0.2, -0.15) is 0 Å². The summed E-state index contributed by atoms with van der Waals surface area (Å²) in [6, 6.07) is 8.20. The van der Waals surface area contributed by atoms with Crippen molar-refractivity contribution in [2.24, 2.45) is 0 Å². The van der Waals surface area contributed by atoms with Gasteiger partial charge in [0.25, 0.3) is 5.56 Å². The van der Waals surface area contributed by atoms with E-state index < -0.39 is 0 Å². The summed E-state index contributed by atoms with van der Waals surface area (Å²) in [6.45, 7) is 3.94. The van der Waals surface area contributed by atoms with E-state index in [1.54, 1.807) is 0 Å². The maximum Gasteiger partial charge on any atom is 0.255 e. The van der Waals surface area contributed by atoms with E-state index in [-0.39, 0.29) is 5.56 Å². The minimum absolute atomic E-state index is 0.0339. The van der Waals surface area contributed by atoms with E-state index in [1.807, 2.05) is 25.3 Å². The van der Waals surface area contributed by atoms with E-state index >= 15 is 0 Å². The molecule has 0 unspecified atom stereocenters. The lowest BCUT2D eigenvalue weighted by Crippen LogP contribution is -2.17. The number of aryl methyl sites for hydroxylation is 2. The zero-order valence-electron chi connectivity index (χ0n) is 10.8. The van der Waals surface area contributed by atoms with Gasteiger partial charge in [0, 0.05) is 17.7 Å². The first-order valence-corrected chi connectivity index (χ1v) is 7.02. The number of hydrogen-bond acceptors (Lipinski definition) is 3. The monoisotopic (exact) mass is 260 g/mol. The molecule has 0 aliphatic heterocycles. The number of thioether (sulfide) groups is 1. The van der Waals surface area contributed by atoms with Crippen molar-refractivity contribution in [2.75, 3.05) is 6.26 Å². The summed E-state index contributed by atoms with van der Waals surface area (Å²) >= 11 is 1.45. The van der Waals surface area contributed by atoms with E-state index in [2.05, 4.69) is 29.0 Å². The quantitative estimate of drug-likeness (QED) is 0.681. The maximum atomic E-state index is 12.0. The van der Waals surface area contributed by atoms with E-state index in [1.165, 1.54) is 17.3 Å². The second-order valence-corrected chi connectivity index (χ2v) is 5.10. The Labute approximate surface area is 111 Å². The first kappa shape index (κ1) is 12.9. The van der Waals surface area contributed by atoms with Gasteiger partial charge in [0.15, 0.2) is 5.16 Å². The molecule has 0 atom stereocenters. The van der Waals surface area contributed by atoms with Gasteiger partial charge in [-0.05, 0) is 25.7 Å². The van der Waals surface area contributed by atoms with Gasteiger partial charge in [-0.25, -0.2) is 4.98 Å². The van der Waals surface area contributed by atoms with Gasteiger partial charge in [-0.3, -0.25) is 4.79 Å². The van der Waals surface area contributed by atoms with Crippen LogP contribution in [0.2, 0.25) is 0 Å². The van der Waals surface area contributed by atoms with Gasteiger partial charge >= 0.3 is 0 Å². The van der Waals surface area contributed by atoms with Crippen LogP contribution in [0.5, 0.6) is 0 Å². The molecule has 0 bridgehead atoms. The van der Waals surface area contributed by atoms with Crippen molar-refractivity contribution in [2.45, 2.75) is 25.4 Å². The van der Waals surface area contributed by atoms with E-state index in [0.717, 1.165) is 16.8 Å². The number of aromatic nitrogens is 2. The molecule has 4 heteroatoms. The topological polar surface area (TPSA) is 45.8 Å². The number of benzene rings is 1. The summed E-state index contributed by atoms with van der Waals surface area (Å²) in [5, 5.41) is 0.672. The van der Waals surface area contributed by atoms with Crippen LogP contribution in [0.3, 0.4) is 0 Å². The number of nitrogens with zero attached hydrogens (tertiary/aromatic N) is 1. The summed E-state index contributed by atoms with van der Waals surface area (Å²) in [7, 11) is 0. The molecule has 1 aromatic heterocycles. The predicted molar refractivity (Wildman–Crippen MR) is 75.4 cm³/mol. The average Bonchev–Trinajstić information content (AvgIpc) is 2.33. The van der Waals surface area contributed by atoms with Crippen LogP contribution in [0.15, 0.2) is 34.2 Å². The lowest BCUT2D eigenvalue weighted by Gasteiger charge is -2.06. The van der Waals surface area contributed by atoms with Crippen molar-refractivity contribution in [1.82, 2.24) is 9.97 Å². The Bertz CT molecular complexity index is 619. The molecule has 0 saturated heterocycles. The zero-order chi connectivity index (χ0) is 13.1. The molecular weight excluding hydrogens is 244 g/mol. The lowest BCUT2D eigenvalue weighted by atomic mass is 10.0. The van der Waals surface area contributed by atoms with Crippen molar-refractivity contribution in [3.05, 3.63) is 57.0 Å². The van der Waals surface area contributed by atoms with Crippen LogP contribution < -0.4 is 5.56 Å². The molecule has 0 spiro atoms. The first-order chi connectivity index (χ1) is 8.60. The van der Waals surface area contributed by atoms with Gasteiger partial charge in [0.1, 0.15) is 0 Å².